The van der Waals surface area contributed by atoms with E-state index in [0.717, 1.165) is 0 Å². The normalized spacial score (nSPS) is 22.6. The van der Waals surface area contributed by atoms with E-state index in [1.165, 1.54) is 16.7 Å². The summed E-state index contributed by atoms with van der Waals surface area (Å²) in [6, 6.07) is 8.52. The van der Waals surface area contributed by atoms with Crippen LogP contribution in [0.15, 0.2) is 47.4 Å². The summed E-state index contributed by atoms with van der Waals surface area (Å²) in [6.45, 7) is 0. The molecule has 14 heavy (non-hydrogen) atoms. The van der Waals surface area contributed by atoms with Crippen LogP contribution in [0.1, 0.15) is 11.1 Å². The Morgan fingerprint density at radius 1 is 1.00 bits per heavy atom. The molecule has 1 heterocycles. The van der Waals surface area contributed by atoms with Crippen molar-refractivity contribution in [3.63, 3.8) is 0 Å². The van der Waals surface area contributed by atoms with Crippen LogP contribution < -0.4 is 0 Å². The molecule has 68 valence electrons. The maximum Gasteiger partial charge on any atom is 0.0522 e. The van der Waals surface area contributed by atoms with Gasteiger partial charge in [-0.25, -0.2) is 0 Å². The molecule has 1 aliphatic carbocycles. The minimum Gasteiger partial charge on any atom is -0.122 e. The molecule has 1 heteroatoms. The summed E-state index contributed by atoms with van der Waals surface area (Å²) in [4.78, 5) is 0. The van der Waals surface area contributed by atoms with E-state index in [9.17, 15) is 0 Å². The summed E-state index contributed by atoms with van der Waals surface area (Å²) in [5, 5.41) is 2.71. The van der Waals surface area contributed by atoms with Crippen LogP contribution in [-0.4, -0.2) is 5.25 Å². The van der Waals surface area contributed by atoms with E-state index in [0.29, 0.717) is 5.25 Å². The number of allylic oxidation sites excluding steroid dienone is 1. The van der Waals surface area contributed by atoms with E-state index in [2.05, 4.69) is 54.0 Å². The number of hydrogen-bond acceptors (Lipinski definition) is 1. The Balaban J connectivity index is 2.19. The summed E-state index contributed by atoms with van der Waals surface area (Å²) < 4.78 is 0. The predicted molar refractivity (Wildman–Crippen MR) is 64.0 cm³/mol. The zero-order valence-corrected chi connectivity index (χ0v) is 8.50. The molecule has 2 aliphatic rings. The Hall–Kier alpha value is -1.21. The van der Waals surface area contributed by atoms with Crippen molar-refractivity contribution in [1.29, 1.82) is 0 Å². The van der Waals surface area contributed by atoms with E-state index < -0.39 is 0 Å². The lowest BCUT2D eigenvalue weighted by molar-refractivity contribution is 1.37. The highest BCUT2D eigenvalue weighted by Gasteiger charge is 2.16. The first kappa shape index (κ1) is 8.13. The molecule has 1 aromatic carbocycles. The molecule has 1 atom stereocenters. The standard InChI is InChI=1S/C13H10S/c1-2-4-11-9-12-7-8-14-13(12)6-5-10(11)3-1/h1-9,13H. The first-order chi connectivity index (χ1) is 6.93. The van der Waals surface area contributed by atoms with Gasteiger partial charge in [0, 0.05) is 0 Å². The maximum atomic E-state index is 2.29. The lowest BCUT2D eigenvalue weighted by Gasteiger charge is -2.02. The van der Waals surface area contributed by atoms with E-state index in [-0.39, 0.29) is 0 Å². The Morgan fingerprint density at radius 3 is 2.79 bits per heavy atom. The summed E-state index contributed by atoms with van der Waals surface area (Å²) in [5.74, 6) is 0. The highest BCUT2D eigenvalue weighted by atomic mass is 32.2. The number of hydrogen-bond donors (Lipinski definition) is 0. The second kappa shape index (κ2) is 3.18. The number of fused-ring (bicyclic) bond motifs is 2. The Morgan fingerprint density at radius 2 is 1.86 bits per heavy atom. The molecule has 0 aromatic heterocycles. The van der Waals surface area contributed by atoms with Gasteiger partial charge in [-0.2, -0.15) is 0 Å². The molecule has 0 bridgehead atoms. The second-order valence-corrected chi connectivity index (χ2v) is 4.54. The zero-order valence-electron chi connectivity index (χ0n) is 7.68. The number of thioether (sulfide) groups is 1. The molecule has 0 saturated heterocycles. The molecular weight excluding hydrogens is 188 g/mol. The first-order valence-electron chi connectivity index (χ1n) is 4.74. The van der Waals surface area contributed by atoms with Crippen molar-refractivity contribution in [2.75, 3.05) is 0 Å². The number of benzene rings is 1. The fourth-order valence-corrected chi connectivity index (χ4v) is 2.71. The van der Waals surface area contributed by atoms with Crippen LogP contribution in [0, 0.1) is 0 Å². The Bertz CT molecular complexity index is 452. The summed E-state index contributed by atoms with van der Waals surface area (Å²) in [5.41, 5.74) is 4.06. The molecular formula is C13H10S. The first-order valence-corrected chi connectivity index (χ1v) is 5.68. The molecule has 0 spiro atoms. The minimum absolute atomic E-state index is 0.530. The van der Waals surface area contributed by atoms with Crippen LogP contribution in [0.3, 0.4) is 0 Å². The summed E-state index contributed by atoms with van der Waals surface area (Å²) in [7, 11) is 0. The van der Waals surface area contributed by atoms with E-state index in [4.69, 9.17) is 0 Å². The average Bonchev–Trinajstić information content (AvgIpc) is 2.58. The molecule has 1 aliphatic heterocycles. The van der Waals surface area contributed by atoms with Crippen molar-refractivity contribution in [2.24, 2.45) is 0 Å². The third-order valence-electron chi connectivity index (χ3n) is 2.58. The van der Waals surface area contributed by atoms with Crippen LogP contribution in [0.5, 0.6) is 0 Å². The Kier molecular flexibility index (Phi) is 1.84. The highest BCUT2D eigenvalue weighted by Crippen LogP contribution is 2.34. The third-order valence-corrected chi connectivity index (χ3v) is 3.60. The van der Waals surface area contributed by atoms with Gasteiger partial charge in [0.1, 0.15) is 0 Å². The molecule has 1 unspecified atom stereocenters. The van der Waals surface area contributed by atoms with Gasteiger partial charge < -0.3 is 0 Å². The molecule has 0 radical (unpaired) electrons. The molecule has 0 saturated carbocycles. The molecule has 0 nitrogen and oxygen atoms in total. The minimum atomic E-state index is 0.530. The van der Waals surface area contributed by atoms with Crippen LogP contribution in [0.2, 0.25) is 0 Å². The molecule has 3 rings (SSSR count). The van der Waals surface area contributed by atoms with Crippen molar-refractivity contribution >= 4 is 23.9 Å². The van der Waals surface area contributed by atoms with Crippen LogP contribution in [0.25, 0.3) is 12.2 Å². The van der Waals surface area contributed by atoms with E-state index in [1.807, 2.05) is 11.8 Å². The van der Waals surface area contributed by atoms with Gasteiger partial charge in [0.25, 0.3) is 0 Å². The van der Waals surface area contributed by atoms with E-state index >= 15 is 0 Å². The van der Waals surface area contributed by atoms with Crippen LogP contribution in [0.4, 0.5) is 0 Å². The molecule has 0 fully saturated rings. The lowest BCUT2D eigenvalue weighted by Crippen LogP contribution is -1.92. The summed E-state index contributed by atoms with van der Waals surface area (Å²) >= 11 is 1.87. The van der Waals surface area contributed by atoms with Crippen LogP contribution >= 0.6 is 11.8 Å². The monoisotopic (exact) mass is 198 g/mol. The SMILES string of the molecule is C1=CC2=Cc3ccccc3C=CC2S1. The van der Waals surface area contributed by atoms with Gasteiger partial charge in [-0.15, -0.1) is 11.8 Å². The second-order valence-electron chi connectivity index (χ2n) is 3.49. The van der Waals surface area contributed by atoms with Crippen molar-refractivity contribution in [3.05, 3.63) is 58.5 Å². The van der Waals surface area contributed by atoms with Crippen molar-refractivity contribution in [1.82, 2.24) is 0 Å². The van der Waals surface area contributed by atoms with Crippen molar-refractivity contribution < 1.29 is 0 Å². The molecule has 0 N–H and O–H groups in total. The van der Waals surface area contributed by atoms with Gasteiger partial charge in [-0.1, -0.05) is 42.5 Å². The van der Waals surface area contributed by atoms with Gasteiger partial charge in [-0.05, 0) is 28.2 Å². The zero-order chi connectivity index (χ0) is 9.38. The van der Waals surface area contributed by atoms with Crippen LogP contribution in [-0.2, 0) is 0 Å². The van der Waals surface area contributed by atoms with Gasteiger partial charge in [0.2, 0.25) is 0 Å². The van der Waals surface area contributed by atoms with Gasteiger partial charge in [0.15, 0.2) is 0 Å². The lowest BCUT2D eigenvalue weighted by atomic mass is 10.1. The maximum absolute atomic E-state index is 2.29. The smallest absolute Gasteiger partial charge is 0.0522 e. The molecule has 0 amide bonds. The average molecular weight is 198 g/mol. The fourth-order valence-electron chi connectivity index (χ4n) is 1.83. The number of rotatable bonds is 0. The topological polar surface area (TPSA) is 0 Å². The fraction of sp³-hybridized carbons (Fsp3) is 0.0769. The van der Waals surface area contributed by atoms with Gasteiger partial charge in [0.05, 0.1) is 5.25 Å². The highest BCUT2D eigenvalue weighted by molar-refractivity contribution is 8.03. The quantitative estimate of drug-likeness (QED) is 0.612. The van der Waals surface area contributed by atoms with Gasteiger partial charge >= 0.3 is 0 Å². The molecule has 1 aromatic rings. The largest absolute Gasteiger partial charge is 0.122 e. The van der Waals surface area contributed by atoms with E-state index in [1.54, 1.807) is 0 Å². The van der Waals surface area contributed by atoms with Crippen molar-refractivity contribution in [3.8, 4) is 0 Å². The Labute approximate surface area is 88.0 Å². The van der Waals surface area contributed by atoms with Crippen molar-refractivity contribution in [2.45, 2.75) is 5.25 Å². The predicted octanol–water partition coefficient (Wildman–Crippen LogP) is 3.73. The van der Waals surface area contributed by atoms with Gasteiger partial charge in [-0.3, -0.25) is 0 Å². The third kappa shape index (κ3) is 1.25. The summed E-state index contributed by atoms with van der Waals surface area (Å²) in [6.07, 6.45) is 9.00.